The third-order valence-electron chi connectivity index (χ3n) is 2.15. The van der Waals surface area contributed by atoms with E-state index in [0.29, 0.717) is 0 Å². The molecule has 2 heteroatoms. The van der Waals surface area contributed by atoms with E-state index in [1.807, 2.05) is 0 Å². The number of aliphatic hydroxyl groups excluding tert-OH is 1. The molecule has 0 fully saturated rings. The van der Waals surface area contributed by atoms with Crippen LogP contribution < -0.4 is 0 Å². The molecule has 1 nitrogen and oxygen atoms in total. The Morgan fingerprint density at radius 3 is 2.69 bits per heavy atom. The van der Waals surface area contributed by atoms with E-state index in [1.54, 1.807) is 0 Å². The van der Waals surface area contributed by atoms with Crippen molar-refractivity contribution in [3.05, 3.63) is 33.8 Å². The molecule has 0 radical (unpaired) electrons. The molecule has 0 bridgehead atoms. The van der Waals surface area contributed by atoms with Crippen LogP contribution in [0.4, 0.5) is 0 Å². The number of hydrogen-bond acceptors (Lipinski definition) is 1. The fourth-order valence-electron chi connectivity index (χ4n) is 1.44. The van der Waals surface area contributed by atoms with Crippen LogP contribution in [0.3, 0.4) is 0 Å². The molecule has 1 aromatic rings. The normalized spacial score (nSPS) is 10.4. The van der Waals surface area contributed by atoms with Crippen LogP contribution in [0.1, 0.15) is 24.5 Å². The van der Waals surface area contributed by atoms with Crippen molar-refractivity contribution in [3.8, 4) is 0 Å². The summed E-state index contributed by atoms with van der Waals surface area (Å²) in [5, 5.41) is 8.75. The van der Waals surface area contributed by atoms with Gasteiger partial charge in [-0.3, -0.25) is 0 Å². The number of aryl methyl sites for hydroxylation is 2. The van der Waals surface area contributed by atoms with E-state index in [0.717, 1.165) is 23.7 Å². The molecule has 0 aliphatic rings. The van der Waals surface area contributed by atoms with E-state index in [2.05, 4.69) is 41.1 Å². The predicted octanol–water partition coefficient (Wildman–Crippen LogP) is 2.94. The fraction of sp³-hybridized carbons (Fsp3) is 0.455. The molecule has 0 spiro atoms. The van der Waals surface area contributed by atoms with E-state index in [-0.39, 0.29) is 6.61 Å². The van der Waals surface area contributed by atoms with Gasteiger partial charge in [0, 0.05) is 11.1 Å². The van der Waals surface area contributed by atoms with Crippen molar-refractivity contribution >= 4 is 15.9 Å². The van der Waals surface area contributed by atoms with Crippen molar-refractivity contribution in [1.29, 1.82) is 0 Å². The van der Waals surface area contributed by atoms with E-state index >= 15 is 0 Å². The van der Waals surface area contributed by atoms with Crippen LogP contribution in [0, 0.1) is 0 Å². The summed E-state index contributed by atoms with van der Waals surface area (Å²) in [6.45, 7) is 2.43. The summed E-state index contributed by atoms with van der Waals surface area (Å²) in [5.41, 5.74) is 2.74. The van der Waals surface area contributed by atoms with Gasteiger partial charge in [0.05, 0.1) is 0 Å². The highest BCUT2D eigenvalue weighted by molar-refractivity contribution is 9.10. The van der Waals surface area contributed by atoms with E-state index in [4.69, 9.17) is 5.11 Å². The van der Waals surface area contributed by atoms with E-state index in [9.17, 15) is 0 Å². The first-order valence-corrected chi connectivity index (χ1v) is 5.45. The Morgan fingerprint density at radius 2 is 2.08 bits per heavy atom. The minimum Gasteiger partial charge on any atom is -0.396 e. The first-order chi connectivity index (χ1) is 6.27. The van der Waals surface area contributed by atoms with Crippen molar-refractivity contribution in [2.24, 2.45) is 0 Å². The zero-order valence-corrected chi connectivity index (χ0v) is 9.47. The molecule has 0 aliphatic carbocycles. The average Bonchev–Trinajstić information content (AvgIpc) is 2.15. The molecule has 0 heterocycles. The topological polar surface area (TPSA) is 20.2 Å². The van der Waals surface area contributed by atoms with Crippen molar-refractivity contribution in [2.75, 3.05) is 6.61 Å². The molecule has 1 rings (SSSR count). The predicted molar refractivity (Wildman–Crippen MR) is 58.9 cm³/mol. The van der Waals surface area contributed by atoms with Gasteiger partial charge < -0.3 is 5.11 Å². The largest absolute Gasteiger partial charge is 0.396 e. The second kappa shape index (κ2) is 5.40. The Bertz CT molecular complexity index is 271. The highest BCUT2D eigenvalue weighted by Gasteiger charge is 2.00. The third kappa shape index (κ3) is 3.12. The highest BCUT2D eigenvalue weighted by atomic mass is 79.9. The molecule has 0 unspecified atom stereocenters. The van der Waals surface area contributed by atoms with Crippen LogP contribution in [0.25, 0.3) is 0 Å². The second-order valence-corrected chi connectivity index (χ2v) is 4.01. The molecule has 1 N–H and O–H groups in total. The third-order valence-corrected chi connectivity index (χ3v) is 2.65. The second-order valence-electron chi connectivity index (χ2n) is 3.09. The Balaban J connectivity index is 2.81. The van der Waals surface area contributed by atoms with Crippen LogP contribution >= 0.6 is 15.9 Å². The van der Waals surface area contributed by atoms with Gasteiger partial charge in [-0.05, 0) is 42.5 Å². The molecule has 0 atom stereocenters. The molecule has 0 saturated heterocycles. The van der Waals surface area contributed by atoms with E-state index in [1.165, 1.54) is 11.1 Å². The lowest BCUT2D eigenvalue weighted by Gasteiger charge is -2.07. The van der Waals surface area contributed by atoms with E-state index < -0.39 is 0 Å². The maximum absolute atomic E-state index is 8.75. The van der Waals surface area contributed by atoms with Crippen molar-refractivity contribution in [2.45, 2.75) is 26.2 Å². The Morgan fingerprint density at radius 1 is 1.31 bits per heavy atom. The zero-order chi connectivity index (χ0) is 9.68. The van der Waals surface area contributed by atoms with Gasteiger partial charge in [0.15, 0.2) is 0 Å². The van der Waals surface area contributed by atoms with Crippen LogP contribution in [0.2, 0.25) is 0 Å². The molecule has 0 amide bonds. The molecule has 0 aliphatic heterocycles. The molecule has 0 saturated carbocycles. The molecular formula is C11H15BrO. The number of hydrogen-bond donors (Lipinski definition) is 1. The molecule has 72 valence electrons. The van der Waals surface area contributed by atoms with Gasteiger partial charge in [-0.25, -0.2) is 0 Å². The maximum atomic E-state index is 8.75. The summed E-state index contributed by atoms with van der Waals surface area (Å²) >= 11 is 3.45. The fourth-order valence-corrected chi connectivity index (χ4v) is 1.85. The first-order valence-electron chi connectivity index (χ1n) is 4.66. The molecular weight excluding hydrogens is 228 g/mol. The Labute approximate surface area is 87.9 Å². The van der Waals surface area contributed by atoms with Crippen LogP contribution in [0.5, 0.6) is 0 Å². The zero-order valence-electron chi connectivity index (χ0n) is 7.89. The molecule has 0 aromatic heterocycles. The van der Waals surface area contributed by atoms with Gasteiger partial charge in [-0.1, -0.05) is 28.9 Å². The average molecular weight is 243 g/mol. The number of benzene rings is 1. The summed E-state index contributed by atoms with van der Waals surface area (Å²) in [6.07, 6.45) is 2.89. The van der Waals surface area contributed by atoms with Gasteiger partial charge in [0.25, 0.3) is 0 Å². The van der Waals surface area contributed by atoms with Gasteiger partial charge >= 0.3 is 0 Å². The van der Waals surface area contributed by atoms with Crippen LogP contribution in [0.15, 0.2) is 22.7 Å². The summed E-state index contributed by atoms with van der Waals surface area (Å²) in [6, 6.07) is 6.37. The van der Waals surface area contributed by atoms with Gasteiger partial charge in [0.2, 0.25) is 0 Å². The summed E-state index contributed by atoms with van der Waals surface area (Å²) in [7, 11) is 0. The minimum atomic E-state index is 0.273. The van der Waals surface area contributed by atoms with Crippen molar-refractivity contribution < 1.29 is 5.11 Å². The van der Waals surface area contributed by atoms with Crippen LogP contribution in [-0.2, 0) is 12.8 Å². The lowest BCUT2D eigenvalue weighted by Crippen LogP contribution is -1.95. The lowest BCUT2D eigenvalue weighted by atomic mass is 10.0. The standard InChI is InChI=1S/C11H15BrO/c1-2-9-5-6-11(12)8-10(9)4-3-7-13/h5-6,8,13H,2-4,7H2,1H3. The summed E-state index contributed by atoms with van der Waals surface area (Å²) in [5.74, 6) is 0. The minimum absolute atomic E-state index is 0.273. The maximum Gasteiger partial charge on any atom is 0.0434 e. The van der Waals surface area contributed by atoms with Crippen molar-refractivity contribution in [1.82, 2.24) is 0 Å². The van der Waals surface area contributed by atoms with Gasteiger partial charge in [0.1, 0.15) is 0 Å². The number of rotatable bonds is 4. The summed E-state index contributed by atoms with van der Waals surface area (Å²) in [4.78, 5) is 0. The number of aliphatic hydroxyl groups is 1. The first kappa shape index (κ1) is 10.7. The van der Waals surface area contributed by atoms with Gasteiger partial charge in [-0.2, -0.15) is 0 Å². The molecule has 1 aromatic carbocycles. The Kier molecular flexibility index (Phi) is 4.46. The van der Waals surface area contributed by atoms with Crippen molar-refractivity contribution in [3.63, 3.8) is 0 Å². The lowest BCUT2D eigenvalue weighted by molar-refractivity contribution is 0.288. The Hall–Kier alpha value is -0.340. The molecule has 13 heavy (non-hydrogen) atoms. The quantitative estimate of drug-likeness (QED) is 0.861. The smallest absolute Gasteiger partial charge is 0.0434 e. The SMILES string of the molecule is CCc1ccc(Br)cc1CCCO. The van der Waals surface area contributed by atoms with Crippen LogP contribution in [-0.4, -0.2) is 11.7 Å². The highest BCUT2D eigenvalue weighted by Crippen LogP contribution is 2.18. The monoisotopic (exact) mass is 242 g/mol. The summed E-state index contributed by atoms with van der Waals surface area (Å²) < 4.78 is 1.12. The van der Waals surface area contributed by atoms with Gasteiger partial charge in [-0.15, -0.1) is 0 Å². The number of halogens is 1.